The van der Waals surface area contributed by atoms with E-state index >= 15 is 0 Å². The highest BCUT2D eigenvalue weighted by Crippen LogP contribution is 2.19. The zero-order chi connectivity index (χ0) is 13.8. The van der Waals surface area contributed by atoms with Crippen molar-refractivity contribution >= 4 is 11.6 Å². The highest BCUT2D eigenvalue weighted by molar-refractivity contribution is 5.90. The van der Waals surface area contributed by atoms with Crippen molar-refractivity contribution in [1.82, 2.24) is 0 Å². The maximum atomic E-state index is 11.8. The molecule has 3 nitrogen and oxygen atoms in total. The molecule has 3 N–H and O–H groups in total. The van der Waals surface area contributed by atoms with Gasteiger partial charge in [0.15, 0.2) is 0 Å². The van der Waals surface area contributed by atoms with Gasteiger partial charge in [0.25, 0.3) is 0 Å². The molecule has 0 saturated heterocycles. The zero-order valence-electron chi connectivity index (χ0n) is 11.8. The Morgan fingerprint density at radius 2 is 2.06 bits per heavy atom. The van der Waals surface area contributed by atoms with Crippen molar-refractivity contribution in [3.05, 3.63) is 29.8 Å². The van der Waals surface area contributed by atoms with Gasteiger partial charge in [-0.1, -0.05) is 26.0 Å². The smallest absolute Gasteiger partial charge is 0.224 e. The Morgan fingerprint density at radius 1 is 1.39 bits per heavy atom. The molecule has 1 rings (SSSR count). The number of hydrogen-bond acceptors (Lipinski definition) is 2. The summed E-state index contributed by atoms with van der Waals surface area (Å²) < 4.78 is 0. The Hall–Kier alpha value is -1.35. The van der Waals surface area contributed by atoms with E-state index in [4.69, 9.17) is 5.73 Å². The Labute approximate surface area is 110 Å². The molecule has 0 aliphatic heterocycles. The molecule has 0 fully saturated rings. The quantitative estimate of drug-likeness (QED) is 0.840. The van der Waals surface area contributed by atoms with Crippen LogP contribution in [0.15, 0.2) is 24.3 Å². The van der Waals surface area contributed by atoms with Gasteiger partial charge in [-0.15, -0.1) is 0 Å². The lowest BCUT2D eigenvalue weighted by atomic mass is 10.00. The topological polar surface area (TPSA) is 55.1 Å². The predicted molar refractivity (Wildman–Crippen MR) is 76.7 cm³/mol. The van der Waals surface area contributed by atoms with Crippen molar-refractivity contribution < 1.29 is 4.79 Å². The molecule has 100 valence electrons. The van der Waals surface area contributed by atoms with Gasteiger partial charge < -0.3 is 11.1 Å². The largest absolute Gasteiger partial charge is 0.326 e. The van der Waals surface area contributed by atoms with Gasteiger partial charge in [-0.05, 0) is 43.9 Å². The van der Waals surface area contributed by atoms with Crippen LogP contribution in [0.5, 0.6) is 0 Å². The molecule has 1 aromatic carbocycles. The summed E-state index contributed by atoms with van der Waals surface area (Å²) in [6.07, 6.45) is 1.14. The summed E-state index contributed by atoms with van der Waals surface area (Å²) in [6.45, 7) is 8.13. The van der Waals surface area contributed by atoms with E-state index in [9.17, 15) is 4.79 Å². The minimum Gasteiger partial charge on any atom is -0.326 e. The molecule has 0 aliphatic carbocycles. The van der Waals surface area contributed by atoms with Crippen LogP contribution in [0, 0.1) is 0 Å². The maximum absolute atomic E-state index is 11.8. The number of anilines is 1. The molecule has 0 radical (unpaired) electrons. The third kappa shape index (κ3) is 5.32. The normalized spacial score (nSPS) is 11.7. The molecule has 1 aromatic rings. The first kappa shape index (κ1) is 14.7. The molecule has 0 unspecified atom stereocenters. The first-order chi connectivity index (χ1) is 8.28. The molecule has 0 atom stereocenters. The fourth-order valence-corrected chi connectivity index (χ4v) is 1.63. The molecule has 0 spiro atoms. The monoisotopic (exact) mass is 248 g/mol. The van der Waals surface area contributed by atoms with Gasteiger partial charge in [0, 0.05) is 17.6 Å². The third-order valence-corrected chi connectivity index (χ3v) is 2.83. The van der Waals surface area contributed by atoms with Crippen molar-refractivity contribution in [2.75, 3.05) is 5.32 Å². The lowest BCUT2D eigenvalue weighted by molar-refractivity contribution is -0.116. The number of rotatable bonds is 5. The molecule has 0 bridgehead atoms. The number of nitrogens with one attached hydrogen (secondary N) is 1. The van der Waals surface area contributed by atoms with E-state index in [1.54, 1.807) is 0 Å². The molecule has 0 aromatic heterocycles. The van der Waals surface area contributed by atoms with Crippen LogP contribution in [0.25, 0.3) is 0 Å². The van der Waals surface area contributed by atoms with Crippen LogP contribution < -0.4 is 11.1 Å². The number of benzene rings is 1. The fraction of sp³-hybridized carbons (Fsp3) is 0.533. The van der Waals surface area contributed by atoms with E-state index < -0.39 is 0 Å². The highest BCUT2D eigenvalue weighted by atomic mass is 16.1. The van der Waals surface area contributed by atoms with Crippen molar-refractivity contribution in [3.63, 3.8) is 0 Å². The second-order valence-electron chi connectivity index (χ2n) is 5.82. The summed E-state index contributed by atoms with van der Waals surface area (Å²) in [5, 5.41) is 2.92. The van der Waals surface area contributed by atoms with Crippen LogP contribution in [0.3, 0.4) is 0 Å². The van der Waals surface area contributed by atoms with E-state index in [0.717, 1.165) is 5.69 Å². The molecular weight excluding hydrogens is 224 g/mol. The minimum absolute atomic E-state index is 0.0226. The van der Waals surface area contributed by atoms with Gasteiger partial charge in [-0.25, -0.2) is 0 Å². The molecule has 0 heterocycles. The summed E-state index contributed by atoms with van der Waals surface area (Å²) in [7, 11) is 0. The van der Waals surface area contributed by atoms with Crippen LogP contribution in [0.2, 0.25) is 0 Å². The van der Waals surface area contributed by atoms with Crippen LogP contribution >= 0.6 is 0 Å². The lowest BCUT2D eigenvalue weighted by Crippen LogP contribution is -2.33. The Balaban J connectivity index is 2.57. The first-order valence-electron chi connectivity index (χ1n) is 6.46. The number of amides is 1. The van der Waals surface area contributed by atoms with E-state index in [1.807, 2.05) is 32.0 Å². The van der Waals surface area contributed by atoms with E-state index in [-0.39, 0.29) is 11.4 Å². The van der Waals surface area contributed by atoms with E-state index in [1.165, 1.54) is 5.56 Å². The Bertz CT molecular complexity index is 405. The van der Waals surface area contributed by atoms with Gasteiger partial charge in [0.2, 0.25) is 5.91 Å². The van der Waals surface area contributed by atoms with Crippen LogP contribution in [0.1, 0.15) is 52.0 Å². The van der Waals surface area contributed by atoms with Crippen LogP contribution in [0.4, 0.5) is 5.69 Å². The van der Waals surface area contributed by atoms with Crippen molar-refractivity contribution in [3.8, 4) is 0 Å². The Morgan fingerprint density at radius 3 is 2.61 bits per heavy atom. The second-order valence-corrected chi connectivity index (χ2v) is 5.82. The number of nitrogens with two attached hydrogens (primary N) is 1. The maximum Gasteiger partial charge on any atom is 0.224 e. The molecule has 0 aliphatic rings. The SMILES string of the molecule is CC(C)c1cccc(NC(=O)CCC(C)(C)N)c1. The Kier molecular flexibility index (Phi) is 4.91. The van der Waals surface area contributed by atoms with Crippen molar-refractivity contribution in [2.24, 2.45) is 5.73 Å². The predicted octanol–water partition coefficient (Wildman–Crippen LogP) is 3.27. The fourth-order valence-electron chi connectivity index (χ4n) is 1.63. The van der Waals surface area contributed by atoms with Crippen molar-refractivity contribution in [2.45, 2.75) is 52.0 Å². The van der Waals surface area contributed by atoms with Crippen LogP contribution in [-0.2, 0) is 4.79 Å². The molecule has 0 saturated carbocycles. The highest BCUT2D eigenvalue weighted by Gasteiger charge is 2.13. The number of hydrogen-bond donors (Lipinski definition) is 2. The molecular formula is C15H24N2O. The van der Waals surface area contributed by atoms with Gasteiger partial charge >= 0.3 is 0 Å². The zero-order valence-corrected chi connectivity index (χ0v) is 11.8. The number of carbonyl (C=O) groups is 1. The summed E-state index contributed by atoms with van der Waals surface area (Å²) in [5.74, 6) is 0.485. The summed E-state index contributed by atoms with van der Waals surface area (Å²) >= 11 is 0. The first-order valence-corrected chi connectivity index (χ1v) is 6.46. The van der Waals surface area contributed by atoms with Gasteiger partial charge in [-0.2, -0.15) is 0 Å². The summed E-state index contributed by atoms with van der Waals surface area (Å²) in [4.78, 5) is 11.8. The minimum atomic E-state index is -0.295. The third-order valence-electron chi connectivity index (χ3n) is 2.83. The standard InChI is InChI=1S/C15H24N2O/c1-11(2)12-6-5-7-13(10-12)17-14(18)8-9-15(3,4)16/h5-7,10-11H,8-9,16H2,1-4H3,(H,17,18). The van der Waals surface area contributed by atoms with E-state index in [2.05, 4.69) is 25.2 Å². The lowest BCUT2D eigenvalue weighted by Gasteiger charge is -2.17. The van der Waals surface area contributed by atoms with Gasteiger partial charge in [0.1, 0.15) is 0 Å². The molecule has 18 heavy (non-hydrogen) atoms. The van der Waals surface area contributed by atoms with Gasteiger partial charge in [-0.3, -0.25) is 4.79 Å². The van der Waals surface area contributed by atoms with Crippen molar-refractivity contribution in [1.29, 1.82) is 0 Å². The summed E-state index contributed by atoms with van der Waals surface area (Å²) in [6, 6.07) is 7.98. The average molecular weight is 248 g/mol. The van der Waals surface area contributed by atoms with E-state index in [0.29, 0.717) is 18.8 Å². The molecule has 1 amide bonds. The average Bonchev–Trinajstić information content (AvgIpc) is 2.26. The van der Waals surface area contributed by atoms with Gasteiger partial charge in [0.05, 0.1) is 0 Å². The molecule has 3 heteroatoms. The summed E-state index contributed by atoms with van der Waals surface area (Å²) in [5.41, 5.74) is 7.66. The number of carbonyl (C=O) groups excluding carboxylic acids is 1. The second kappa shape index (κ2) is 6.01. The van der Waals surface area contributed by atoms with Crippen LogP contribution in [-0.4, -0.2) is 11.4 Å².